The van der Waals surface area contributed by atoms with E-state index in [-0.39, 0.29) is 17.3 Å². The topological polar surface area (TPSA) is 83.4 Å². The number of benzene rings is 3. The molecular weight excluding hydrogens is 458 g/mol. The van der Waals surface area contributed by atoms with Gasteiger partial charge in [0, 0.05) is 10.6 Å². The number of methoxy groups -OCH3 is 1. The largest absolute Gasteiger partial charge is 0.497 e. The summed E-state index contributed by atoms with van der Waals surface area (Å²) in [5, 5.41) is 0.520. The summed E-state index contributed by atoms with van der Waals surface area (Å²) in [6.07, 6.45) is 1.57. The molecule has 0 bridgehead atoms. The second-order valence-electron chi connectivity index (χ2n) is 7.10. The lowest BCUT2D eigenvalue weighted by Gasteiger charge is -2.11. The lowest BCUT2D eigenvalue weighted by Crippen LogP contribution is -2.09. The molecule has 3 aromatic rings. The SMILES string of the molecule is CCOc1cc(C=C2N=C(c3cccc(OC)c3)OC2=O)ccc1OC(=O)c1ccc(Cl)cc1. The first-order valence-corrected chi connectivity index (χ1v) is 10.8. The number of cyclic esters (lactones) is 1. The Morgan fingerprint density at radius 1 is 1.06 bits per heavy atom. The van der Waals surface area contributed by atoms with Gasteiger partial charge in [-0.3, -0.25) is 0 Å². The van der Waals surface area contributed by atoms with Crippen molar-refractivity contribution in [2.45, 2.75) is 6.92 Å². The van der Waals surface area contributed by atoms with Crippen molar-refractivity contribution in [3.63, 3.8) is 0 Å². The molecule has 1 aliphatic heterocycles. The molecule has 0 aliphatic carbocycles. The van der Waals surface area contributed by atoms with E-state index in [2.05, 4.69) is 4.99 Å². The number of nitrogens with zero attached hydrogens (tertiary/aromatic N) is 1. The number of carbonyl (C=O) groups excluding carboxylic acids is 2. The van der Waals surface area contributed by atoms with Gasteiger partial charge in [-0.05, 0) is 73.2 Å². The van der Waals surface area contributed by atoms with E-state index in [1.165, 1.54) is 0 Å². The molecule has 34 heavy (non-hydrogen) atoms. The first-order valence-electron chi connectivity index (χ1n) is 10.4. The van der Waals surface area contributed by atoms with E-state index in [1.54, 1.807) is 79.9 Å². The summed E-state index contributed by atoms with van der Waals surface area (Å²) in [5.74, 6) is 0.290. The van der Waals surface area contributed by atoms with E-state index in [9.17, 15) is 9.59 Å². The highest BCUT2D eigenvalue weighted by Crippen LogP contribution is 2.31. The Kier molecular flexibility index (Phi) is 6.94. The van der Waals surface area contributed by atoms with Crippen LogP contribution in [0.25, 0.3) is 6.08 Å². The van der Waals surface area contributed by atoms with Gasteiger partial charge in [-0.25, -0.2) is 14.6 Å². The van der Waals surface area contributed by atoms with Crippen molar-refractivity contribution in [1.82, 2.24) is 0 Å². The van der Waals surface area contributed by atoms with E-state index < -0.39 is 11.9 Å². The average Bonchev–Trinajstić information content (AvgIpc) is 3.21. The van der Waals surface area contributed by atoms with Gasteiger partial charge >= 0.3 is 11.9 Å². The van der Waals surface area contributed by atoms with E-state index in [1.807, 2.05) is 6.92 Å². The number of carbonyl (C=O) groups is 2. The first-order chi connectivity index (χ1) is 16.5. The number of hydrogen-bond donors (Lipinski definition) is 0. The van der Waals surface area contributed by atoms with Crippen LogP contribution >= 0.6 is 11.6 Å². The third-order valence-corrected chi connectivity index (χ3v) is 5.04. The summed E-state index contributed by atoms with van der Waals surface area (Å²) in [5.41, 5.74) is 1.73. The molecule has 0 amide bonds. The Balaban J connectivity index is 1.59. The van der Waals surface area contributed by atoms with Crippen molar-refractivity contribution < 1.29 is 28.5 Å². The van der Waals surface area contributed by atoms with E-state index >= 15 is 0 Å². The smallest absolute Gasteiger partial charge is 0.363 e. The van der Waals surface area contributed by atoms with Crippen molar-refractivity contribution in [2.75, 3.05) is 13.7 Å². The van der Waals surface area contributed by atoms with Gasteiger partial charge in [0.2, 0.25) is 5.90 Å². The van der Waals surface area contributed by atoms with Crippen LogP contribution in [-0.4, -0.2) is 31.6 Å². The van der Waals surface area contributed by atoms with Crippen LogP contribution in [0.2, 0.25) is 5.02 Å². The lowest BCUT2D eigenvalue weighted by atomic mass is 10.1. The molecule has 0 spiro atoms. The molecule has 0 atom stereocenters. The zero-order valence-electron chi connectivity index (χ0n) is 18.4. The average molecular weight is 478 g/mol. The summed E-state index contributed by atoms with van der Waals surface area (Å²) in [6, 6.07) is 18.4. The zero-order valence-corrected chi connectivity index (χ0v) is 19.2. The van der Waals surface area contributed by atoms with Crippen molar-refractivity contribution in [1.29, 1.82) is 0 Å². The predicted molar refractivity (Wildman–Crippen MR) is 128 cm³/mol. The summed E-state index contributed by atoms with van der Waals surface area (Å²) in [6.45, 7) is 2.17. The second kappa shape index (κ2) is 10.2. The Labute approximate surface area is 201 Å². The Morgan fingerprint density at radius 2 is 1.85 bits per heavy atom. The van der Waals surface area contributed by atoms with Crippen LogP contribution in [0.1, 0.15) is 28.4 Å². The fourth-order valence-electron chi connectivity index (χ4n) is 3.16. The molecule has 0 saturated heterocycles. The quantitative estimate of drug-likeness (QED) is 0.260. The van der Waals surface area contributed by atoms with Crippen LogP contribution in [0, 0.1) is 0 Å². The van der Waals surface area contributed by atoms with Gasteiger partial charge in [0.05, 0.1) is 19.3 Å². The van der Waals surface area contributed by atoms with Gasteiger partial charge in [0.1, 0.15) is 5.75 Å². The van der Waals surface area contributed by atoms with Crippen molar-refractivity contribution in [3.05, 3.63) is 94.1 Å². The van der Waals surface area contributed by atoms with Crippen LogP contribution in [0.5, 0.6) is 17.2 Å². The molecule has 0 N–H and O–H groups in total. The molecule has 1 heterocycles. The van der Waals surface area contributed by atoms with Gasteiger partial charge in [0.25, 0.3) is 0 Å². The van der Waals surface area contributed by atoms with E-state index in [0.717, 1.165) is 0 Å². The van der Waals surface area contributed by atoms with Crippen molar-refractivity contribution in [2.24, 2.45) is 4.99 Å². The van der Waals surface area contributed by atoms with Crippen LogP contribution in [0.15, 0.2) is 77.4 Å². The zero-order chi connectivity index (χ0) is 24.1. The second-order valence-corrected chi connectivity index (χ2v) is 7.54. The van der Waals surface area contributed by atoms with E-state index in [0.29, 0.717) is 39.8 Å². The number of rotatable bonds is 7. The molecule has 0 aromatic heterocycles. The van der Waals surface area contributed by atoms with Crippen LogP contribution in [0.3, 0.4) is 0 Å². The maximum Gasteiger partial charge on any atom is 0.363 e. The monoisotopic (exact) mass is 477 g/mol. The summed E-state index contributed by atoms with van der Waals surface area (Å²) in [4.78, 5) is 29.2. The molecule has 0 radical (unpaired) electrons. The Morgan fingerprint density at radius 3 is 2.59 bits per heavy atom. The minimum Gasteiger partial charge on any atom is -0.497 e. The number of ether oxygens (including phenoxy) is 4. The molecule has 1 aliphatic rings. The van der Waals surface area contributed by atoms with Gasteiger partial charge < -0.3 is 18.9 Å². The van der Waals surface area contributed by atoms with Crippen molar-refractivity contribution in [3.8, 4) is 17.2 Å². The third-order valence-electron chi connectivity index (χ3n) is 4.79. The number of esters is 2. The number of aliphatic imine (C=N–C) groups is 1. The van der Waals surface area contributed by atoms with Gasteiger partial charge in [-0.2, -0.15) is 0 Å². The number of halogens is 1. The van der Waals surface area contributed by atoms with Crippen LogP contribution < -0.4 is 14.2 Å². The standard InChI is InChI=1S/C26H20ClNO6/c1-3-32-23-14-16(7-12-22(23)33-25(29)17-8-10-19(27)11-9-17)13-21-26(30)34-24(28-21)18-5-4-6-20(15-18)31-2/h4-15H,3H2,1-2H3. The first kappa shape index (κ1) is 23.1. The lowest BCUT2D eigenvalue weighted by molar-refractivity contribution is -0.129. The Bertz CT molecular complexity index is 1300. The molecule has 0 unspecified atom stereocenters. The molecule has 4 rings (SSSR count). The highest BCUT2D eigenvalue weighted by Gasteiger charge is 2.24. The third kappa shape index (κ3) is 5.27. The highest BCUT2D eigenvalue weighted by molar-refractivity contribution is 6.30. The van der Waals surface area contributed by atoms with Crippen LogP contribution in [0.4, 0.5) is 0 Å². The Hall–Kier alpha value is -4.10. The molecule has 8 heteroatoms. The molecule has 0 fully saturated rings. The predicted octanol–water partition coefficient (Wildman–Crippen LogP) is 5.31. The summed E-state index contributed by atoms with van der Waals surface area (Å²) < 4.78 is 21.7. The normalized spacial score (nSPS) is 13.9. The summed E-state index contributed by atoms with van der Waals surface area (Å²) >= 11 is 5.87. The van der Waals surface area contributed by atoms with E-state index in [4.69, 9.17) is 30.5 Å². The maximum atomic E-state index is 12.5. The molecule has 3 aromatic carbocycles. The fraction of sp³-hybridized carbons (Fsp3) is 0.115. The van der Waals surface area contributed by atoms with Gasteiger partial charge in [0.15, 0.2) is 17.2 Å². The molecule has 7 nitrogen and oxygen atoms in total. The fourth-order valence-corrected chi connectivity index (χ4v) is 3.28. The minimum absolute atomic E-state index is 0.131. The maximum absolute atomic E-state index is 12.5. The molecule has 0 saturated carbocycles. The number of hydrogen-bond acceptors (Lipinski definition) is 7. The van der Waals surface area contributed by atoms with Gasteiger partial charge in [-0.1, -0.05) is 23.7 Å². The molecule has 172 valence electrons. The summed E-state index contributed by atoms with van der Waals surface area (Å²) in [7, 11) is 1.55. The van der Waals surface area contributed by atoms with Crippen molar-refractivity contribution >= 4 is 35.5 Å². The highest BCUT2D eigenvalue weighted by atomic mass is 35.5. The van der Waals surface area contributed by atoms with Gasteiger partial charge in [-0.15, -0.1) is 0 Å². The minimum atomic E-state index is -0.575. The molecular formula is C26H20ClNO6. The van der Waals surface area contributed by atoms with Crippen LogP contribution in [-0.2, 0) is 9.53 Å².